The summed E-state index contributed by atoms with van der Waals surface area (Å²) in [4.78, 5) is 11.7. The molecule has 5 nitrogen and oxygen atoms in total. The maximum absolute atomic E-state index is 11.7. The highest BCUT2D eigenvalue weighted by molar-refractivity contribution is 9.10. The van der Waals surface area contributed by atoms with Crippen LogP contribution in [0, 0.1) is 0 Å². The first-order chi connectivity index (χ1) is 8.35. The second-order valence-corrected chi connectivity index (χ2v) is 6.99. The molecular formula is C11H14BrNO4S. The summed E-state index contributed by atoms with van der Waals surface area (Å²) in [5.74, 6) is -0.479. The van der Waals surface area contributed by atoms with Crippen LogP contribution in [-0.4, -0.2) is 37.5 Å². The van der Waals surface area contributed by atoms with Crippen molar-refractivity contribution in [3.63, 3.8) is 0 Å². The smallest absolute Gasteiger partial charge is 0.251 e. The number of hydrogen-bond donors (Lipinski definition) is 2. The summed E-state index contributed by atoms with van der Waals surface area (Å²) in [6.07, 6.45) is 0. The van der Waals surface area contributed by atoms with E-state index in [1.165, 1.54) is 12.1 Å². The van der Waals surface area contributed by atoms with Crippen molar-refractivity contribution in [3.05, 3.63) is 28.2 Å². The molecule has 0 atom stereocenters. The molecule has 0 saturated heterocycles. The molecule has 0 bridgehead atoms. The summed E-state index contributed by atoms with van der Waals surface area (Å²) in [5.41, 5.74) is 0.282. The van der Waals surface area contributed by atoms with Crippen molar-refractivity contribution in [3.8, 4) is 5.75 Å². The van der Waals surface area contributed by atoms with E-state index in [4.69, 9.17) is 0 Å². The van der Waals surface area contributed by atoms with E-state index in [2.05, 4.69) is 21.2 Å². The number of sulfone groups is 1. The van der Waals surface area contributed by atoms with Crippen molar-refractivity contribution in [1.29, 1.82) is 0 Å². The fourth-order valence-electron chi connectivity index (χ4n) is 1.22. The van der Waals surface area contributed by atoms with Crippen molar-refractivity contribution in [2.75, 3.05) is 18.1 Å². The predicted molar refractivity (Wildman–Crippen MR) is 72.5 cm³/mol. The molecule has 0 aliphatic carbocycles. The standard InChI is InChI=1S/C11H14BrNO4S/c1-2-18(16,17)6-5-13-11(15)8-3-4-9(12)10(14)7-8/h3-4,7,14H,2,5-6H2,1H3,(H,13,15). The molecule has 7 heteroatoms. The van der Waals surface area contributed by atoms with Crippen LogP contribution in [-0.2, 0) is 9.84 Å². The van der Waals surface area contributed by atoms with Gasteiger partial charge in [0.15, 0.2) is 9.84 Å². The minimum absolute atomic E-state index is 0.0381. The minimum Gasteiger partial charge on any atom is -0.507 e. The van der Waals surface area contributed by atoms with Gasteiger partial charge in [0.1, 0.15) is 5.75 Å². The maximum atomic E-state index is 11.7. The molecule has 2 N–H and O–H groups in total. The van der Waals surface area contributed by atoms with Crippen molar-refractivity contribution in [2.45, 2.75) is 6.92 Å². The van der Waals surface area contributed by atoms with E-state index in [1.807, 2.05) is 0 Å². The van der Waals surface area contributed by atoms with Crippen molar-refractivity contribution >= 4 is 31.7 Å². The predicted octanol–water partition coefficient (Wildman–Crippen LogP) is 1.32. The summed E-state index contributed by atoms with van der Waals surface area (Å²) in [7, 11) is -3.08. The van der Waals surface area contributed by atoms with E-state index in [-0.39, 0.29) is 29.4 Å². The third-order valence-corrected chi connectivity index (χ3v) is 4.72. The average molecular weight is 336 g/mol. The zero-order valence-corrected chi connectivity index (χ0v) is 12.2. The number of amides is 1. The third-order valence-electron chi connectivity index (χ3n) is 2.35. The fraction of sp³-hybridized carbons (Fsp3) is 0.364. The van der Waals surface area contributed by atoms with Gasteiger partial charge < -0.3 is 10.4 Å². The second kappa shape index (κ2) is 6.19. The zero-order chi connectivity index (χ0) is 13.8. The number of halogens is 1. The Balaban J connectivity index is 2.58. The largest absolute Gasteiger partial charge is 0.507 e. The molecule has 0 fully saturated rings. The molecule has 0 heterocycles. The number of hydrogen-bond acceptors (Lipinski definition) is 4. The number of nitrogens with one attached hydrogen (secondary N) is 1. The van der Waals surface area contributed by atoms with Crippen LogP contribution in [0.2, 0.25) is 0 Å². The topological polar surface area (TPSA) is 83.5 Å². The molecule has 0 aliphatic rings. The van der Waals surface area contributed by atoms with Crippen LogP contribution in [0.3, 0.4) is 0 Å². The van der Waals surface area contributed by atoms with E-state index in [0.29, 0.717) is 4.47 Å². The lowest BCUT2D eigenvalue weighted by molar-refractivity contribution is 0.0955. The number of benzene rings is 1. The molecule has 0 spiro atoms. The molecule has 1 amide bonds. The Morgan fingerprint density at radius 3 is 2.67 bits per heavy atom. The van der Waals surface area contributed by atoms with Crippen LogP contribution in [0.15, 0.2) is 22.7 Å². The minimum atomic E-state index is -3.08. The highest BCUT2D eigenvalue weighted by atomic mass is 79.9. The van der Waals surface area contributed by atoms with Gasteiger partial charge >= 0.3 is 0 Å². The number of rotatable bonds is 5. The molecule has 1 rings (SSSR count). The first kappa shape index (κ1) is 15.0. The van der Waals surface area contributed by atoms with Gasteiger partial charge in [0.2, 0.25) is 0 Å². The number of carbonyl (C=O) groups is 1. The van der Waals surface area contributed by atoms with Gasteiger partial charge in [-0.05, 0) is 34.1 Å². The molecule has 1 aromatic rings. The fourth-order valence-corrected chi connectivity index (χ4v) is 2.17. The summed E-state index contributed by atoms with van der Waals surface area (Å²) in [5, 5.41) is 11.9. The number of phenolic OH excluding ortho intramolecular Hbond substituents is 1. The van der Waals surface area contributed by atoms with Gasteiger partial charge in [-0.3, -0.25) is 4.79 Å². The normalized spacial score (nSPS) is 11.2. The average Bonchev–Trinajstić information content (AvgIpc) is 2.32. The van der Waals surface area contributed by atoms with E-state index >= 15 is 0 Å². The molecular weight excluding hydrogens is 322 g/mol. The number of carbonyl (C=O) groups excluding carboxylic acids is 1. The highest BCUT2D eigenvalue weighted by Crippen LogP contribution is 2.24. The van der Waals surface area contributed by atoms with Gasteiger partial charge in [-0.15, -0.1) is 0 Å². The lowest BCUT2D eigenvalue weighted by Crippen LogP contribution is -2.29. The maximum Gasteiger partial charge on any atom is 0.251 e. The second-order valence-electron chi connectivity index (χ2n) is 3.66. The van der Waals surface area contributed by atoms with Crippen molar-refractivity contribution in [1.82, 2.24) is 5.32 Å². The van der Waals surface area contributed by atoms with Crippen LogP contribution >= 0.6 is 15.9 Å². The Kier molecular flexibility index (Phi) is 5.15. The quantitative estimate of drug-likeness (QED) is 0.849. The molecule has 0 unspecified atom stereocenters. The molecule has 0 aromatic heterocycles. The Bertz CT molecular complexity index is 542. The summed E-state index contributed by atoms with van der Waals surface area (Å²) >= 11 is 3.11. The van der Waals surface area contributed by atoms with Crippen LogP contribution in [0.1, 0.15) is 17.3 Å². The van der Waals surface area contributed by atoms with E-state index in [1.54, 1.807) is 13.0 Å². The Morgan fingerprint density at radius 2 is 2.11 bits per heavy atom. The van der Waals surface area contributed by atoms with Gasteiger partial charge in [0.25, 0.3) is 5.91 Å². The van der Waals surface area contributed by atoms with E-state index < -0.39 is 15.7 Å². The summed E-state index contributed by atoms with van der Waals surface area (Å²) < 4.78 is 22.9. The Morgan fingerprint density at radius 1 is 1.44 bits per heavy atom. The number of aromatic hydroxyl groups is 1. The third kappa shape index (κ3) is 4.30. The van der Waals surface area contributed by atoms with Crippen molar-refractivity contribution in [2.24, 2.45) is 0 Å². The zero-order valence-electron chi connectivity index (χ0n) is 9.81. The van der Waals surface area contributed by atoms with E-state index in [0.717, 1.165) is 0 Å². The Labute approximate surface area is 114 Å². The van der Waals surface area contributed by atoms with Crippen LogP contribution in [0.25, 0.3) is 0 Å². The van der Waals surface area contributed by atoms with Crippen LogP contribution in [0.5, 0.6) is 5.75 Å². The molecule has 18 heavy (non-hydrogen) atoms. The van der Waals surface area contributed by atoms with Crippen LogP contribution in [0.4, 0.5) is 0 Å². The summed E-state index contributed by atoms with van der Waals surface area (Å²) in [6, 6.07) is 4.40. The summed E-state index contributed by atoms with van der Waals surface area (Å²) in [6.45, 7) is 1.62. The Hall–Kier alpha value is -1.08. The van der Waals surface area contributed by atoms with Gasteiger partial charge in [0.05, 0.1) is 10.2 Å². The molecule has 100 valence electrons. The van der Waals surface area contributed by atoms with Gasteiger partial charge in [-0.25, -0.2) is 8.42 Å². The lowest BCUT2D eigenvalue weighted by Gasteiger charge is -2.06. The monoisotopic (exact) mass is 335 g/mol. The first-order valence-corrected chi connectivity index (χ1v) is 7.94. The van der Waals surface area contributed by atoms with Gasteiger partial charge in [0, 0.05) is 17.9 Å². The SMILES string of the molecule is CCS(=O)(=O)CCNC(=O)c1ccc(Br)c(O)c1. The molecule has 0 radical (unpaired) electrons. The number of phenols is 1. The molecule has 0 aliphatic heterocycles. The van der Waals surface area contributed by atoms with Crippen molar-refractivity contribution < 1.29 is 18.3 Å². The highest BCUT2D eigenvalue weighted by Gasteiger charge is 2.10. The van der Waals surface area contributed by atoms with Gasteiger partial charge in [-0.2, -0.15) is 0 Å². The lowest BCUT2D eigenvalue weighted by atomic mass is 10.2. The van der Waals surface area contributed by atoms with Gasteiger partial charge in [-0.1, -0.05) is 6.92 Å². The van der Waals surface area contributed by atoms with E-state index in [9.17, 15) is 18.3 Å². The molecule has 1 aromatic carbocycles. The van der Waals surface area contributed by atoms with Crippen LogP contribution < -0.4 is 5.32 Å². The molecule has 0 saturated carbocycles. The first-order valence-electron chi connectivity index (χ1n) is 5.33.